The molecule has 0 unspecified atom stereocenters. The maximum Gasteiger partial charge on any atom is 0.177 e. The van der Waals surface area contributed by atoms with Gasteiger partial charge in [-0.25, -0.2) is 9.67 Å². The first-order chi connectivity index (χ1) is 9.78. The largest absolute Gasteiger partial charge is 0.301 e. The molecule has 3 heterocycles. The number of hydrogen-bond acceptors (Lipinski definition) is 2. The minimum atomic E-state index is 0.408. The molecule has 0 aliphatic rings. The number of rotatable bonds is 4. The summed E-state index contributed by atoms with van der Waals surface area (Å²) in [4.78, 5) is 4.69. The smallest absolute Gasteiger partial charge is 0.177 e. The van der Waals surface area contributed by atoms with Crippen molar-refractivity contribution in [3.05, 3.63) is 47.5 Å². The number of aryl methyl sites for hydroxylation is 2. The highest BCUT2D eigenvalue weighted by Crippen LogP contribution is 2.21. The van der Waals surface area contributed by atoms with E-state index in [9.17, 15) is 0 Å². The topological polar surface area (TPSA) is 35.1 Å². The second-order valence-corrected chi connectivity index (χ2v) is 4.96. The van der Waals surface area contributed by atoms with Gasteiger partial charge in [0, 0.05) is 11.9 Å². The predicted molar refractivity (Wildman–Crippen MR) is 80.6 cm³/mol. The Bertz CT molecular complexity index is 741. The van der Waals surface area contributed by atoms with Gasteiger partial charge < -0.3 is 4.40 Å². The molecule has 3 aromatic heterocycles. The molecule has 0 atom stereocenters. The monoisotopic (exact) mass is 288 g/mol. The fourth-order valence-corrected chi connectivity index (χ4v) is 2.66. The van der Waals surface area contributed by atoms with Crippen molar-refractivity contribution in [2.45, 2.75) is 32.6 Å². The first-order valence-corrected chi connectivity index (χ1v) is 7.42. The van der Waals surface area contributed by atoms with Crippen LogP contribution in [0, 0.1) is 0 Å². The van der Waals surface area contributed by atoms with Crippen LogP contribution in [0.5, 0.6) is 0 Å². The summed E-state index contributed by atoms with van der Waals surface area (Å²) >= 11 is 6.14. The van der Waals surface area contributed by atoms with Gasteiger partial charge in [0.1, 0.15) is 5.65 Å². The van der Waals surface area contributed by atoms with Gasteiger partial charge in [0.05, 0.1) is 17.3 Å². The van der Waals surface area contributed by atoms with Gasteiger partial charge in [-0.05, 0) is 31.0 Å². The molecule has 0 spiro atoms. The van der Waals surface area contributed by atoms with E-state index in [-0.39, 0.29) is 0 Å². The van der Waals surface area contributed by atoms with Crippen LogP contribution in [0.3, 0.4) is 0 Å². The Morgan fingerprint density at radius 3 is 2.75 bits per heavy atom. The van der Waals surface area contributed by atoms with Crippen LogP contribution in [0.25, 0.3) is 11.5 Å². The lowest BCUT2D eigenvalue weighted by Gasteiger charge is -2.04. The van der Waals surface area contributed by atoms with Crippen LogP contribution < -0.4 is 0 Å². The van der Waals surface area contributed by atoms with Crippen LogP contribution in [0.1, 0.15) is 30.9 Å². The van der Waals surface area contributed by atoms with Crippen molar-refractivity contribution in [1.29, 1.82) is 0 Å². The van der Waals surface area contributed by atoms with E-state index in [1.54, 1.807) is 0 Å². The molecule has 0 N–H and O–H groups in total. The number of fused-ring (bicyclic) bond motifs is 1. The molecule has 5 heteroatoms. The van der Waals surface area contributed by atoms with Crippen molar-refractivity contribution in [3.8, 4) is 5.82 Å². The predicted octanol–water partition coefficient (Wildman–Crippen LogP) is 3.38. The summed E-state index contributed by atoms with van der Waals surface area (Å²) in [6.07, 6.45) is 3.82. The molecule has 104 valence electrons. The number of nitrogens with zero attached hydrogens (tertiary/aromatic N) is 4. The second-order valence-electron chi connectivity index (χ2n) is 4.69. The van der Waals surface area contributed by atoms with Crippen molar-refractivity contribution >= 4 is 17.2 Å². The molecule has 0 fully saturated rings. The van der Waals surface area contributed by atoms with Crippen molar-refractivity contribution in [2.24, 2.45) is 0 Å². The molecular weight excluding hydrogens is 272 g/mol. The quantitative estimate of drug-likeness (QED) is 0.690. The van der Waals surface area contributed by atoms with E-state index in [0.29, 0.717) is 5.88 Å². The molecule has 0 amide bonds. The zero-order valence-corrected chi connectivity index (χ0v) is 12.4. The number of alkyl halides is 1. The van der Waals surface area contributed by atoms with Gasteiger partial charge in [-0.15, -0.1) is 11.6 Å². The third kappa shape index (κ3) is 2.00. The van der Waals surface area contributed by atoms with Crippen molar-refractivity contribution in [2.75, 3.05) is 0 Å². The molecule has 0 saturated heterocycles. The highest BCUT2D eigenvalue weighted by molar-refractivity contribution is 6.17. The van der Waals surface area contributed by atoms with Crippen LogP contribution in [-0.2, 0) is 18.7 Å². The van der Waals surface area contributed by atoms with Gasteiger partial charge in [-0.3, -0.25) is 0 Å². The molecule has 0 radical (unpaired) electrons. The lowest BCUT2D eigenvalue weighted by molar-refractivity contribution is 0.770. The fourth-order valence-electron chi connectivity index (χ4n) is 2.41. The van der Waals surface area contributed by atoms with E-state index >= 15 is 0 Å². The number of halogens is 1. The molecule has 0 aliphatic heterocycles. The van der Waals surface area contributed by atoms with Crippen molar-refractivity contribution in [1.82, 2.24) is 19.2 Å². The lowest BCUT2D eigenvalue weighted by atomic mass is 10.2. The van der Waals surface area contributed by atoms with E-state index in [1.807, 2.05) is 33.5 Å². The minimum Gasteiger partial charge on any atom is -0.301 e. The standard InChI is InChI=1S/C15H17ClN4/c1-3-11-9-12(4-2)20(18-11)15-13(10-16)19-8-6-5-7-14(19)17-15/h5-9H,3-4,10H2,1-2H3. The summed E-state index contributed by atoms with van der Waals surface area (Å²) in [5, 5.41) is 4.66. The minimum absolute atomic E-state index is 0.408. The van der Waals surface area contributed by atoms with Crippen LogP contribution in [-0.4, -0.2) is 19.2 Å². The Balaban J connectivity index is 2.26. The molecule has 3 aromatic rings. The molecule has 4 nitrogen and oxygen atoms in total. The summed E-state index contributed by atoms with van der Waals surface area (Å²) < 4.78 is 3.96. The third-order valence-electron chi connectivity index (χ3n) is 3.49. The molecule has 3 rings (SSSR count). The van der Waals surface area contributed by atoms with Crippen LogP contribution >= 0.6 is 11.6 Å². The van der Waals surface area contributed by atoms with E-state index in [0.717, 1.165) is 41.4 Å². The summed E-state index contributed by atoms with van der Waals surface area (Å²) in [6.45, 7) is 4.24. The summed E-state index contributed by atoms with van der Waals surface area (Å²) in [7, 11) is 0. The molecule has 0 aliphatic carbocycles. The second kappa shape index (κ2) is 5.29. The average Bonchev–Trinajstić information content (AvgIpc) is 3.07. The maximum absolute atomic E-state index is 6.14. The number of imidazole rings is 1. The van der Waals surface area contributed by atoms with Crippen molar-refractivity contribution < 1.29 is 0 Å². The van der Waals surface area contributed by atoms with E-state index < -0.39 is 0 Å². The van der Waals surface area contributed by atoms with E-state index in [1.165, 1.54) is 0 Å². The number of hydrogen-bond donors (Lipinski definition) is 0. The summed E-state index contributed by atoms with van der Waals surface area (Å²) in [6, 6.07) is 8.08. The molecule has 0 aromatic carbocycles. The fraction of sp³-hybridized carbons (Fsp3) is 0.333. The summed E-state index contributed by atoms with van der Waals surface area (Å²) in [5.74, 6) is 1.24. The first kappa shape index (κ1) is 13.2. The van der Waals surface area contributed by atoms with Crippen LogP contribution in [0.15, 0.2) is 30.5 Å². The number of pyridine rings is 1. The summed E-state index contributed by atoms with van der Waals surface area (Å²) in [5.41, 5.74) is 4.12. The maximum atomic E-state index is 6.14. The third-order valence-corrected chi connectivity index (χ3v) is 3.75. The van der Waals surface area contributed by atoms with E-state index in [2.05, 4.69) is 30.0 Å². The van der Waals surface area contributed by atoms with Crippen LogP contribution in [0.4, 0.5) is 0 Å². The lowest BCUT2D eigenvalue weighted by Crippen LogP contribution is -2.05. The normalized spacial score (nSPS) is 11.3. The molecular formula is C15H17ClN4. The van der Waals surface area contributed by atoms with Crippen LogP contribution in [0.2, 0.25) is 0 Å². The number of aromatic nitrogens is 4. The molecule has 20 heavy (non-hydrogen) atoms. The molecule has 0 saturated carbocycles. The van der Waals surface area contributed by atoms with Gasteiger partial charge in [0.25, 0.3) is 0 Å². The zero-order chi connectivity index (χ0) is 14.1. The Morgan fingerprint density at radius 1 is 1.20 bits per heavy atom. The SMILES string of the molecule is CCc1cc(CC)n(-c2nc3ccccn3c2CCl)n1. The average molecular weight is 289 g/mol. The van der Waals surface area contributed by atoms with E-state index in [4.69, 9.17) is 11.6 Å². The first-order valence-electron chi connectivity index (χ1n) is 6.88. The Kier molecular flexibility index (Phi) is 3.49. The van der Waals surface area contributed by atoms with Gasteiger partial charge in [0.15, 0.2) is 5.82 Å². The highest BCUT2D eigenvalue weighted by atomic mass is 35.5. The Morgan fingerprint density at radius 2 is 2.05 bits per heavy atom. The molecule has 0 bridgehead atoms. The van der Waals surface area contributed by atoms with Gasteiger partial charge in [-0.2, -0.15) is 5.10 Å². The van der Waals surface area contributed by atoms with Crippen molar-refractivity contribution in [3.63, 3.8) is 0 Å². The van der Waals surface area contributed by atoms with Gasteiger partial charge >= 0.3 is 0 Å². The Hall–Kier alpha value is -1.81. The zero-order valence-electron chi connectivity index (χ0n) is 11.7. The van der Waals surface area contributed by atoms with Gasteiger partial charge in [-0.1, -0.05) is 19.9 Å². The van der Waals surface area contributed by atoms with Gasteiger partial charge in [0.2, 0.25) is 0 Å². The Labute approximate surface area is 123 Å². The highest BCUT2D eigenvalue weighted by Gasteiger charge is 2.16.